The van der Waals surface area contributed by atoms with Crippen molar-refractivity contribution in [2.45, 2.75) is 25.0 Å². The number of ether oxygens (including phenoxy) is 2. The Kier molecular flexibility index (Phi) is 6.65. The molecule has 0 aromatic heterocycles. The molecule has 102 valence electrons. The molecule has 0 saturated carbocycles. The first kappa shape index (κ1) is 14.9. The highest BCUT2D eigenvalue weighted by molar-refractivity contribution is 5.82. The normalized spacial score (nSPS) is 22.7. The van der Waals surface area contributed by atoms with Crippen molar-refractivity contribution in [2.24, 2.45) is 0 Å². The van der Waals surface area contributed by atoms with Crippen LogP contribution in [0.25, 0.3) is 0 Å². The molecule has 1 N–H and O–H groups in total. The molecule has 1 rings (SSSR count). The van der Waals surface area contributed by atoms with Crippen LogP contribution in [0.15, 0.2) is 0 Å². The number of methoxy groups -OCH3 is 2. The van der Waals surface area contributed by atoms with E-state index >= 15 is 0 Å². The van der Waals surface area contributed by atoms with E-state index in [-0.39, 0.29) is 18.1 Å². The number of carbonyl (C=O) groups excluding carboxylic acids is 1. The van der Waals surface area contributed by atoms with Gasteiger partial charge in [-0.1, -0.05) is 0 Å². The lowest BCUT2D eigenvalue weighted by atomic mass is 10.1. The molecule has 6 heteroatoms. The fourth-order valence-corrected chi connectivity index (χ4v) is 2.01. The minimum Gasteiger partial charge on any atom is -0.383 e. The first-order valence-electron chi connectivity index (χ1n) is 6.13. The summed E-state index contributed by atoms with van der Waals surface area (Å²) in [5.41, 5.74) is 0. The van der Waals surface area contributed by atoms with E-state index in [0.29, 0.717) is 39.1 Å². The second-order valence-electron chi connectivity index (χ2n) is 4.28. The van der Waals surface area contributed by atoms with E-state index < -0.39 is 0 Å². The molecule has 6 nitrogen and oxygen atoms in total. The van der Waals surface area contributed by atoms with Crippen LogP contribution in [0.2, 0.25) is 0 Å². The lowest BCUT2D eigenvalue weighted by Gasteiger charge is -2.24. The van der Waals surface area contributed by atoms with Crippen molar-refractivity contribution in [3.8, 4) is 6.07 Å². The number of amides is 1. The molecule has 0 aromatic carbocycles. The van der Waals surface area contributed by atoms with Gasteiger partial charge in [-0.05, 0) is 6.42 Å². The maximum atomic E-state index is 12.3. The third kappa shape index (κ3) is 4.26. The zero-order valence-electron chi connectivity index (χ0n) is 11.0. The van der Waals surface area contributed by atoms with E-state index in [9.17, 15) is 4.79 Å². The maximum absolute atomic E-state index is 12.3. The predicted molar refractivity (Wildman–Crippen MR) is 65.9 cm³/mol. The molecule has 0 radical (unpaired) electrons. The summed E-state index contributed by atoms with van der Waals surface area (Å²) in [6.45, 7) is 2.15. The molecule has 18 heavy (non-hydrogen) atoms. The van der Waals surface area contributed by atoms with Gasteiger partial charge in [0.2, 0.25) is 5.91 Å². The summed E-state index contributed by atoms with van der Waals surface area (Å²) in [6.07, 6.45) is 1.13. The van der Waals surface area contributed by atoms with E-state index in [1.807, 2.05) is 0 Å². The second kappa shape index (κ2) is 8.03. The molecule has 0 spiro atoms. The van der Waals surface area contributed by atoms with Gasteiger partial charge in [0, 0.05) is 33.9 Å². The summed E-state index contributed by atoms with van der Waals surface area (Å²) in [4.78, 5) is 13.9. The maximum Gasteiger partial charge on any atom is 0.239 e. The number of nitrogens with zero attached hydrogens (tertiary/aromatic N) is 2. The largest absolute Gasteiger partial charge is 0.383 e. The molecule has 1 saturated heterocycles. The van der Waals surface area contributed by atoms with Gasteiger partial charge in [0.25, 0.3) is 0 Å². The van der Waals surface area contributed by atoms with Crippen LogP contribution in [0, 0.1) is 11.3 Å². The Hall–Kier alpha value is -1.16. The van der Waals surface area contributed by atoms with Crippen LogP contribution in [-0.4, -0.2) is 63.4 Å². The first-order chi connectivity index (χ1) is 8.72. The topological polar surface area (TPSA) is 74.6 Å². The number of nitriles is 1. The van der Waals surface area contributed by atoms with Gasteiger partial charge in [-0.2, -0.15) is 5.26 Å². The van der Waals surface area contributed by atoms with E-state index in [1.54, 1.807) is 19.1 Å². The molecule has 0 aliphatic carbocycles. The van der Waals surface area contributed by atoms with Gasteiger partial charge >= 0.3 is 0 Å². The number of carbonyl (C=O) groups is 1. The van der Waals surface area contributed by atoms with Gasteiger partial charge in [-0.3, -0.25) is 4.79 Å². The Labute approximate surface area is 108 Å². The molecule has 1 amide bonds. The highest BCUT2D eigenvalue weighted by Gasteiger charge is 2.31. The van der Waals surface area contributed by atoms with Gasteiger partial charge < -0.3 is 19.7 Å². The number of hydrogen-bond donors (Lipinski definition) is 1. The highest BCUT2D eigenvalue weighted by atomic mass is 16.5. The van der Waals surface area contributed by atoms with Crippen LogP contribution >= 0.6 is 0 Å². The average Bonchev–Trinajstić information content (AvgIpc) is 2.87. The summed E-state index contributed by atoms with van der Waals surface area (Å²) in [5, 5.41) is 11.8. The predicted octanol–water partition coefficient (Wildman–Crippen LogP) is -0.248. The summed E-state index contributed by atoms with van der Waals surface area (Å²) in [5.74, 6) is 0.0295. The Morgan fingerprint density at radius 3 is 2.83 bits per heavy atom. The van der Waals surface area contributed by atoms with E-state index in [4.69, 9.17) is 14.7 Å². The minimum atomic E-state index is -0.203. The van der Waals surface area contributed by atoms with Gasteiger partial charge in [-0.15, -0.1) is 0 Å². The monoisotopic (exact) mass is 255 g/mol. The van der Waals surface area contributed by atoms with Crippen molar-refractivity contribution in [2.75, 3.05) is 40.5 Å². The van der Waals surface area contributed by atoms with Crippen molar-refractivity contribution < 1.29 is 14.3 Å². The lowest BCUT2D eigenvalue weighted by molar-refractivity contribution is -0.133. The Morgan fingerprint density at radius 1 is 1.50 bits per heavy atom. The molecule has 1 fully saturated rings. The molecule has 1 aliphatic heterocycles. The van der Waals surface area contributed by atoms with E-state index in [0.717, 1.165) is 0 Å². The molecule has 2 unspecified atom stereocenters. The minimum absolute atomic E-state index is 0.0295. The summed E-state index contributed by atoms with van der Waals surface area (Å²) < 4.78 is 10.2. The van der Waals surface area contributed by atoms with Crippen molar-refractivity contribution in [3.63, 3.8) is 0 Å². The Morgan fingerprint density at radius 2 is 2.28 bits per heavy atom. The van der Waals surface area contributed by atoms with Crippen molar-refractivity contribution in [1.29, 1.82) is 5.26 Å². The van der Waals surface area contributed by atoms with E-state index in [2.05, 4.69) is 11.4 Å². The fraction of sp³-hybridized carbons (Fsp3) is 0.833. The van der Waals surface area contributed by atoms with Crippen molar-refractivity contribution in [1.82, 2.24) is 10.2 Å². The third-order valence-corrected chi connectivity index (χ3v) is 3.09. The van der Waals surface area contributed by atoms with Crippen LogP contribution in [0.5, 0.6) is 0 Å². The van der Waals surface area contributed by atoms with Crippen molar-refractivity contribution in [3.05, 3.63) is 0 Å². The molecule has 1 aliphatic rings. The van der Waals surface area contributed by atoms with Crippen LogP contribution in [0.3, 0.4) is 0 Å². The second-order valence-corrected chi connectivity index (χ2v) is 4.28. The van der Waals surface area contributed by atoms with E-state index in [1.165, 1.54) is 0 Å². The molecular formula is C12H21N3O3. The zero-order chi connectivity index (χ0) is 13.4. The zero-order valence-corrected chi connectivity index (χ0v) is 11.0. The Bertz CT molecular complexity index is 303. The summed E-state index contributed by atoms with van der Waals surface area (Å²) in [7, 11) is 3.25. The summed E-state index contributed by atoms with van der Waals surface area (Å²) in [6, 6.07) is 1.86. The fourth-order valence-electron chi connectivity index (χ4n) is 2.01. The Balaban J connectivity index is 2.50. The van der Waals surface area contributed by atoms with Gasteiger partial charge in [0.05, 0.1) is 31.2 Å². The molecule has 0 aromatic rings. The molecule has 1 heterocycles. The van der Waals surface area contributed by atoms with Crippen molar-refractivity contribution >= 4 is 5.91 Å². The van der Waals surface area contributed by atoms with Crippen LogP contribution in [0.1, 0.15) is 12.8 Å². The molecule has 2 atom stereocenters. The highest BCUT2D eigenvalue weighted by Crippen LogP contribution is 2.12. The molecular weight excluding hydrogens is 234 g/mol. The summed E-state index contributed by atoms with van der Waals surface area (Å²) >= 11 is 0. The average molecular weight is 255 g/mol. The van der Waals surface area contributed by atoms with Crippen LogP contribution in [-0.2, 0) is 14.3 Å². The van der Waals surface area contributed by atoms with Gasteiger partial charge in [0.15, 0.2) is 0 Å². The lowest BCUT2D eigenvalue weighted by Crippen LogP contribution is -2.45. The molecule has 0 bridgehead atoms. The van der Waals surface area contributed by atoms with Gasteiger partial charge in [0.1, 0.15) is 0 Å². The first-order valence-corrected chi connectivity index (χ1v) is 6.13. The number of nitrogens with one attached hydrogen (secondary N) is 1. The SMILES string of the molecule is COCCN(CCC#N)C(=O)C1CC(OC)CN1. The van der Waals surface area contributed by atoms with Crippen LogP contribution in [0.4, 0.5) is 0 Å². The van der Waals surface area contributed by atoms with Gasteiger partial charge in [-0.25, -0.2) is 0 Å². The number of rotatable bonds is 7. The quantitative estimate of drug-likeness (QED) is 0.679. The third-order valence-electron chi connectivity index (χ3n) is 3.09. The number of hydrogen-bond acceptors (Lipinski definition) is 5. The smallest absolute Gasteiger partial charge is 0.239 e. The van der Waals surface area contributed by atoms with Crippen LogP contribution < -0.4 is 5.32 Å². The standard InChI is InChI=1S/C12H21N3O3/c1-17-7-6-15(5-3-4-13)12(16)11-8-10(18-2)9-14-11/h10-11,14H,3,5-9H2,1-2H3.